The van der Waals surface area contributed by atoms with E-state index in [1.54, 1.807) is 36.5 Å². The minimum atomic E-state index is -4.95. The zero-order valence-electron chi connectivity index (χ0n) is 18.3. The summed E-state index contributed by atoms with van der Waals surface area (Å²) in [6, 6.07) is 11.5. The van der Waals surface area contributed by atoms with Gasteiger partial charge in [0, 0.05) is 53.4 Å². The largest absolute Gasteiger partial charge is 0.471 e. The third-order valence-electron chi connectivity index (χ3n) is 6.45. The van der Waals surface area contributed by atoms with Crippen LogP contribution in [0.3, 0.4) is 0 Å². The van der Waals surface area contributed by atoms with Gasteiger partial charge >= 0.3 is 12.1 Å². The summed E-state index contributed by atoms with van der Waals surface area (Å²) in [5.41, 5.74) is 4.43. The summed E-state index contributed by atoms with van der Waals surface area (Å²) in [5.74, 6) is -1.96. The van der Waals surface area contributed by atoms with Crippen molar-refractivity contribution in [2.75, 3.05) is 11.4 Å². The Hall–Kier alpha value is -3.62. The second-order valence-corrected chi connectivity index (χ2v) is 8.67. The highest BCUT2D eigenvalue weighted by atomic mass is 19.4. The van der Waals surface area contributed by atoms with Crippen LogP contribution in [-0.2, 0) is 11.2 Å². The Morgan fingerprint density at radius 1 is 1.06 bits per heavy atom. The lowest BCUT2D eigenvalue weighted by atomic mass is 10.0. The number of nitrogens with one attached hydrogen (secondary N) is 2. The number of amides is 2. The first-order chi connectivity index (χ1) is 16.3. The number of halogens is 3. The van der Waals surface area contributed by atoms with Crippen LogP contribution < -0.4 is 10.2 Å². The highest BCUT2D eigenvalue weighted by Crippen LogP contribution is 2.35. The van der Waals surface area contributed by atoms with Gasteiger partial charge in [-0.3, -0.25) is 14.6 Å². The molecule has 2 N–H and O–H groups in total. The van der Waals surface area contributed by atoms with Gasteiger partial charge in [0.1, 0.15) is 0 Å². The van der Waals surface area contributed by atoms with E-state index in [0.29, 0.717) is 42.6 Å². The molecular formula is C25H23F3N4O2. The van der Waals surface area contributed by atoms with Crippen LogP contribution in [0.4, 0.5) is 18.9 Å². The Balaban J connectivity index is 1.50. The van der Waals surface area contributed by atoms with Gasteiger partial charge in [-0.25, -0.2) is 0 Å². The van der Waals surface area contributed by atoms with E-state index in [1.807, 2.05) is 6.07 Å². The molecular weight excluding hydrogens is 445 g/mol. The fraction of sp³-hybridized carbons (Fsp3) is 0.320. The van der Waals surface area contributed by atoms with Crippen molar-refractivity contribution in [3.8, 4) is 22.5 Å². The number of pyridine rings is 1. The Bertz CT molecular complexity index is 1240. The van der Waals surface area contributed by atoms with E-state index in [-0.39, 0.29) is 11.6 Å². The SMILES string of the molecule is O=C1NCCc2[nH]c(-c3ccnc(-c4cccc(N(C(=O)C(F)(F)F)C5CCCC5)c4)c3)cc21. The van der Waals surface area contributed by atoms with Crippen LogP contribution in [0.1, 0.15) is 41.7 Å². The fourth-order valence-corrected chi connectivity index (χ4v) is 4.81. The van der Waals surface area contributed by atoms with Crippen LogP contribution in [0, 0.1) is 0 Å². The van der Waals surface area contributed by atoms with Crippen molar-refractivity contribution in [1.29, 1.82) is 0 Å². The Morgan fingerprint density at radius 2 is 1.85 bits per heavy atom. The molecule has 1 aliphatic carbocycles. The van der Waals surface area contributed by atoms with E-state index in [4.69, 9.17) is 0 Å². The molecule has 2 aliphatic rings. The number of rotatable bonds is 4. The van der Waals surface area contributed by atoms with Crippen LogP contribution >= 0.6 is 0 Å². The van der Waals surface area contributed by atoms with Crippen molar-refractivity contribution in [3.05, 3.63) is 59.9 Å². The van der Waals surface area contributed by atoms with Gasteiger partial charge in [0.25, 0.3) is 5.91 Å². The van der Waals surface area contributed by atoms with Crippen molar-refractivity contribution in [2.24, 2.45) is 0 Å². The zero-order chi connectivity index (χ0) is 23.9. The lowest BCUT2D eigenvalue weighted by Crippen LogP contribution is -2.46. The van der Waals surface area contributed by atoms with Gasteiger partial charge < -0.3 is 15.2 Å². The Morgan fingerprint density at radius 3 is 2.59 bits per heavy atom. The van der Waals surface area contributed by atoms with Gasteiger partial charge in [0.15, 0.2) is 0 Å². The van der Waals surface area contributed by atoms with Crippen molar-refractivity contribution < 1.29 is 22.8 Å². The summed E-state index contributed by atoms with van der Waals surface area (Å²) in [4.78, 5) is 33.0. The molecule has 1 saturated carbocycles. The first-order valence-corrected chi connectivity index (χ1v) is 11.3. The molecule has 9 heteroatoms. The Labute approximate surface area is 194 Å². The number of aromatic amines is 1. The second-order valence-electron chi connectivity index (χ2n) is 8.67. The number of H-pyrrole nitrogens is 1. The van der Waals surface area contributed by atoms with Crippen LogP contribution in [-0.4, -0.2) is 40.5 Å². The number of carbonyl (C=O) groups excluding carboxylic acids is 2. The van der Waals surface area contributed by atoms with E-state index < -0.39 is 18.1 Å². The summed E-state index contributed by atoms with van der Waals surface area (Å²) in [5, 5.41) is 2.82. The van der Waals surface area contributed by atoms with E-state index >= 15 is 0 Å². The summed E-state index contributed by atoms with van der Waals surface area (Å²) in [6.45, 7) is 0.578. The molecule has 0 unspecified atom stereocenters. The van der Waals surface area contributed by atoms with E-state index in [1.165, 1.54) is 6.07 Å². The maximum Gasteiger partial charge on any atom is 0.471 e. The number of nitrogens with zero attached hydrogens (tertiary/aromatic N) is 2. The molecule has 3 aromatic rings. The number of alkyl halides is 3. The van der Waals surface area contributed by atoms with Crippen LogP contribution in [0.15, 0.2) is 48.7 Å². The number of aromatic nitrogens is 2. The number of anilines is 1. The van der Waals surface area contributed by atoms with E-state index in [2.05, 4.69) is 15.3 Å². The summed E-state index contributed by atoms with van der Waals surface area (Å²) < 4.78 is 40.2. The van der Waals surface area contributed by atoms with Crippen molar-refractivity contribution in [3.63, 3.8) is 0 Å². The van der Waals surface area contributed by atoms with Crippen LogP contribution in [0.5, 0.6) is 0 Å². The molecule has 0 spiro atoms. The fourth-order valence-electron chi connectivity index (χ4n) is 4.81. The molecule has 0 bridgehead atoms. The summed E-state index contributed by atoms with van der Waals surface area (Å²) in [6.07, 6.45) is 0.0745. The molecule has 3 heterocycles. The maximum atomic E-state index is 13.4. The van der Waals surface area contributed by atoms with E-state index in [9.17, 15) is 22.8 Å². The number of hydrogen-bond acceptors (Lipinski definition) is 3. The smallest absolute Gasteiger partial charge is 0.358 e. The molecule has 176 valence electrons. The van der Waals surface area contributed by atoms with Gasteiger partial charge in [-0.1, -0.05) is 25.0 Å². The van der Waals surface area contributed by atoms with Crippen molar-refractivity contribution >= 4 is 17.5 Å². The average Bonchev–Trinajstić information content (AvgIpc) is 3.50. The minimum absolute atomic E-state index is 0.118. The lowest BCUT2D eigenvalue weighted by Gasteiger charge is -2.30. The lowest BCUT2D eigenvalue weighted by molar-refractivity contribution is -0.171. The molecule has 1 aromatic carbocycles. The standard InChI is InChI=1S/C25H23F3N4O2/c26-25(27,28)24(34)32(17-5-1-2-6-17)18-7-3-4-15(12-18)21-13-16(8-10-29-21)22-14-19-20(31-22)9-11-30-23(19)33/h3-4,7-8,10,12-14,17,31H,1-2,5-6,9,11H2,(H,30,33). The molecule has 6 nitrogen and oxygen atoms in total. The van der Waals surface area contributed by atoms with Gasteiger partial charge in [-0.15, -0.1) is 0 Å². The predicted octanol–water partition coefficient (Wildman–Crippen LogP) is 4.87. The van der Waals surface area contributed by atoms with Crippen LogP contribution in [0.25, 0.3) is 22.5 Å². The van der Waals surface area contributed by atoms with Crippen LogP contribution in [0.2, 0.25) is 0 Å². The molecule has 1 aliphatic heterocycles. The van der Waals surface area contributed by atoms with Crippen molar-refractivity contribution in [1.82, 2.24) is 15.3 Å². The molecule has 2 aromatic heterocycles. The van der Waals surface area contributed by atoms with Gasteiger partial charge in [-0.2, -0.15) is 13.2 Å². The second kappa shape index (κ2) is 8.62. The normalized spacial score (nSPS) is 16.3. The quantitative estimate of drug-likeness (QED) is 0.574. The number of fused-ring (bicyclic) bond motifs is 1. The van der Waals surface area contributed by atoms with Crippen molar-refractivity contribution in [2.45, 2.75) is 44.3 Å². The number of benzene rings is 1. The molecule has 2 amide bonds. The van der Waals surface area contributed by atoms with Gasteiger partial charge in [0.2, 0.25) is 0 Å². The molecule has 34 heavy (non-hydrogen) atoms. The highest BCUT2D eigenvalue weighted by molar-refractivity contribution is 5.99. The highest BCUT2D eigenvalue weighted by Gasteiger charge is 2.45. The third kappa shape index (κ3) is 4.18. The monoisotopic (exact) mass is 468 g/mol. The van der Waals surface area contributed by atoms with Gasteiger partial charge in [0.05, 0.1) is 11.3 Å². The molecule has 5 rings (SSSR count). The molecule has 0 radical (unpaired) electrons. The molecule has 0 saturated heterocycles. The average molecular weight is 468 g/mol. The first kappa shape index (κ1) is 22.2. The minimum Gasteiger partial charge on any atom is -0.358 e. The number of carbonyl (C=O) groups is 2. The molecule has 1 fully saturated rings. The molecule has 0 atom stereocenters. The maximum absolute atomic E-state index is 13.4. The number of hydrogen-bond donors (Lipinski definition) is 2. The van der Waals surface area contributed by atoms with E-state index in [0.717, 1.165) is 34.7 Å². The zero-order valence-corrected chi connectivity index (χ0v) is 18.3. The predicted molar refractivity (Wildman–Crippen MR) is 121 cm³/mol. The first-order valence-electron chi connectivity index (χ1n) is 11.3. The van der Waals surface area contributed by atoms with Gasteiger partial charge in [-0.05, 0) is 43.2 Å². The topological polar surface area (TPSA) is 78.1 Å². The summed E-state index contributed by atoms with van der Waals surface area (Å²) >= 11 is 0. The third-order valence-corrected chi connectivity index (χ3v) is 6.45. The Kier molecular flexibility index (Phi) is 5.63. The summed E-state index contributed by atoms with van der Waals surface area (Å²) in [7, 11) is 0.